The highest BCUT2D eigenvalue weighted by Crippen LogP contribution is 2.31. The summed E-state index contributed by atoms with van der Waals surface area (Å²) in [5, 5.41) is 11.6. The Hall–Kier alpha value is -1.56. The number of halogens is 3. The van der Waals surface area contributed by atoms with Crippen LogP contribution in [0.25, 0.3) is 0 Å². The second-order valence-corrected chi connectivity index (χ2v) is 4.92. The molecule has 20 heavy (non-hydrogen) atoms. The fraction of sp³-hybridized carbons (Fsp3) is 0.0833. The van der Waals surface area contributed by atoms with Gasteiger partial charge in [0.2, 0.25) is 0 Å². The van der Waals surface area contributed by atoms with Gasteiger partial charge in [-0.25, -0.2) is 4.98 Å². The summed E-state index contributed by atoms with van der Waals surface area (Å²) in [4.78, 5) is 14.2. The maximum Gasteiger partial charge on any atom is 0.312 e. The standard InChI is InChI=1S/C12H7Cl3N2O3/c13-8-2-3-10(9(5-8)17(18)19)20-6-7-1-4-11(14)16-12(7)15/h1-5H,6H2. The van der Waals surface area contributed by atoms with Crippen molar-refractivity contribution in [3.63, 3.8) is 0 Å². The highest BCUT2D eigenvalue weighted by atomic mass is 35.5. The first-order valence-corrected chi connectivity index (χ1v) is 6.48. The summed E-state index contributed by atoms with van der Waals surface area (Å²) in [5.41, 5.74) is 0.357. The van der Waals surface area contributed by atoms with Crippen molar-refractivity contribution in [3.8, 4) is 5.75 Å². The highest BCUT2D eigenvalue weighted by Gasteiger charge is 2.16. The van der Waals surface area contributed by atoms with Crippen molar-refractivity contribution >= 4 is 40.5 Å². The number of rotatable bonds is 4. The van der Waals surface area contributed by atoms with Crippen LogP contribution < -0.4 is 4.74 Å². The van der Waals surface area contributed by atoms with E-state index in [1.807, 2.05) is 0 Å². The number of hydrogen-bond donors (Lipinski definition) is 0. The minimum absolute atomic E-state index is 0.0332. The summed E-state index contributed by atoms with van der Waals surface area (Å²) in [7, 11) is 0. The Bertz CT molecular complexity index is 664. The van der Waals surface area contributed by atoms with Crippen LogP contribution in [0.2, 0.25) is 15.3 Å². The van der Waals surface area contributed by atoms with Gasteiger partial charge in [-0.15, -0.1) is 0 Å². The summed E-state index contributed by atoms with van der Waals surface area (Å²) in [5.74, 6) is 0.102. The minimum atomic E-state index is -0.567. The first kappa shape index (κ1) is 14.8. The van der Waals surface area contributed by atoms with Gasteiger partial charge in [0.15, 0.2) is 5.75 Å². The zero-order valence-corrected chi connectivity index (χ0v) is 12.1. The number of nitrogens with zero attached hydrogens (tertiary/aromatic N) is 2. The van der Waals surface area contributed by atoms with E-state index in [2.05, 4.69) is 4.98 Å². The fourth-order valence-electron chi connectivity index (χ4n) is 1.46. The quantitative estimate of drug-likeness (QED) is 0.468. The molecule has 1 aromatic carbocycles. The topological polar surface area (TPSA) is 65.3 Å². The Kier molecular flexibility index (Phi) is 4.65. The van der Waals surface area contributed by atoms with E-state index in [0.29, 0.717) is 5.56 Å². The molecule has 104 valence electrons. The van der Waals surface area contributed by atoms with Gasteiger partial charge in [-0.3, -0.25) is 10.1 Å². The van der Waals surface area contributed by atoms with Crippen molar-refractivity contribution < 1.29 is 9.66 Å². The molecular formula is C12H7Cl3N2O3. The van der Waals surface area contributed by atoms with Gasteiger partial charge < -0.3 is 4.74 Å². The second kappa shape index (κ2) is 6.26. The predicted molar refractivity (Wildman–Crippen MR) is 76.7 cm³/mol. The summed E-state index contributed by atoms with van der Waals surface area (Å²) < 4.78 is 5.39. The number of pyridine rings is 1. The number of aromatic nitrogens is 1. The lowest BCUT2D eigenvalue weighted by Gasteiger charge is -2.08. The van der Waals surface area contributed by atoms with E-state index in [-0.39, 0.29) is 33.4 Å². The van der Waals surface area contributed by atoms with Crippen molar-refractivity contribution in [2.45, 2.75) is 6.61 Å². The Labute approximate surface area is 129 Å². The average Bonchev–Trinajstić information content (AvgIpc) is 2.38. The van der Waals surface area contributed by atoms with Crippen molar-refractivity contribution in [2.75, 3.05) is 0 Å². The molecular weight excluding hydrogens is 327 g/mol. The molecule has 5 nitrogen and oxygen atoms in total. The van der Waals surface area contributed by atoms with Crippen LogP contribution in [0.4, 0.5) is 5.69 Å². The average molecular weight is 334 g/mol. The van der Waals surface area contributed by atoms with Gasteiger partial charge in [-0.05, 0) is 24.3 Å². The van der Waals surface area contributed by atoms with Crippen LogP contribution in [0, 0.1) is 10.1 Å². The Morgan fingerprint density at radius 3 is 2.60 bits per heavy atom. The van der Waals surface area contributed by atoms with E-state index in [1.165, 1.54) is 18.2 Å². The summed E-state index contributed by atoms with van der Waals surface area (Å²) in [6.07, 6.45) is 0. The van der Waals surface area contributed by atoms with Crippen molar-refractivity contribution in [1.82, 2.24) is 4.98 Å². The Morgan fingerprint density at radius 2 is 1.95 bits per heavy atom. The molecule has 0 aliphatic carbocycles. The van der Waals surface area contributed by atoms with Crippen molar-refractivity contribution in [1.29, 1.82) is 0 Å². The summed E-state index contributed by atoms with van der Waals surface area (Å²) in [6, 6.07) is 7.35. The van der Waals surface area contributed by atoms with E-state index >= 15 is 0 Å². The smallest absolute Gasteiger partial charge is 0.312 e. The lowest BCUT2D eigenvalue weighted by Crippen LogP contribution is -2.00. The van der Waals surface area contributed by atoms with Gasteiger partial charge >= 0.3 is 5.69 Å². The highest BCUT2D eigenvalue weighted by molar-refractivity contribution is 6.32. The molecule has 0 saturated carbocycles. The third kappa shape index (κ3) is 3.50. The molecule has 0 amide bonds. The van der Waals surface area contributed by atoms with Gasteiger partial charge in [0.1, 0.15) is 16.9 Å². The molecule has 0 saturated heterocycles. The fourth-order valence-corrected chi connectivity index (χ4v) is 2.03. The molecule has 0 aliphatic rings. The maximum absolute atomic E-state index is 10.9. The molecule has 0 fully saturated rings. The number of hydrogen-bond acceptors (Lipinski definition) is 4. The van der Waals surface area contributed by atoms with Gasteiger partial charge in [0.25, 0.3) is 0 Å². The molecule has 0 bridgehead atoms. The minimum Gasteiger partial charge on any atom is -0.482 e. The van der Waals surface area contributed by atoms with E-state index in [0.717, 1.165) is 0 Å². The van der Waals surface area contributed by atoms with Gasteiger partial charge in [-0.2, -0.15) is 0 Å². The SMILES string of the molecule is O=[N+]([O-])c1cc(Cl)ccc1OCc1ccc(Cl)nc1Cl. The lowest BCUT2D eigenvalue weighted by atomic mass is 10.3. The van der Waals surface area contributed by atoms with Crippen molar-refractivity contribution in [2.24, 2.45) is 0 Å². The van der Waals surface area contributed by atoms with Crippen molar-refractivity contribution in [3.05, 3.63) is 61.3 Å². The molecule has 0 unspecified atom stereocenters. The number of nitro benzene ring substituents is 1. The largest absolute Gasteiger partial charge is 0.482 e. The molecule has 0 aliphatic heterocycles. The van der Waals surface area contributed by atoms with E-state index in [1.54, 1.807) is 12.1 Å². The van der Waals surface area contributed by atoms with Crippen LogP contribution in [0.15, 0.2) is 30.3 Å². The Morgan fingerprint density at radius 1 is 1.20 bits per heavy atom. The summed E-state index contributed by atoms with van der Waals surface area (Å²) >= 11 is 17.3. The zero-order chi connectivity index (χ0) is 14.7. The van der Waals surface area contributed by atoms with Crippen LogP contribution >= 0.6 is 34.8 Å². The molecule has 0 N–H and O–H groups in total. The second-order valence-electron chi connectivity index (χ2n) is 3.74. The maximum atomic E-state index is 10.9. The third-order valence-electron chi connectivity index (χ3n) is 2.39. The molecule has 0 radical (unpaired) electrons. The molecule has 0 atom stereocenters. The van der Waals surface area contributed by atoms with Crippen LogP contribution in [-0.4, -0.2) is 9.91 Å². The number of benzene rings is 1. The number of ether oxygens (including phenoxy) is 1. The molecule has 1 heterocycles. The van der Waals surface area contributed by atoms with Gasteiger partial charge in [-0.1, -0.05) is 34.8 Å². The third-order valence-corrected chi connectivity index (χ3v) is 3.17. The zero-order valence-electron chi connectivity index (χ0n) is 9.85. The molecule has 2 rings (SSSR count). The summed E-state index contributed by atoms with van der Waals surface area (Å²) in [6.45, 7) is 0.0332. The van der Waals surface area contributed by atoms with Crippen LogP contribution in [0.1, 0.15) is 5.56 Å². The van der Waals surface area contributed by atoms with E-state index in [4.69, 9.17) is 39.5 Å². The number of nitro groups is 1. The van der Waals surface area contributed by atoms with E-state index < -0.39 is 4.92 Å². The molecule has 1 aromatic heterocycles. The first-order valence-electron chi connectivity index (χ1n) is 5.35. The molecule has 2 aromatic rings. The van der Waals surface area contributed by atoms with Gasteiger partial charge in [0, 0.05) is 16.7 Å². The Balaban J connectivity index is 2.20. The van der Waals surface area contributed by atoms with Gasteiger partial charge in [0.05, 0.1) is 4.92 Å². The van der Waals surface area contributed by atoms with Crippen LogP contribution in [-0.2, 0) is 6.61 Å². The monoisotopic (exact) mass is 332 g/mol. The van der Waals surface area contributed by atoms with E-state index in [9.17, 15) is 10.1 Å². The van der Waals surface area contributed by atoms with Crippen LogP contribution in [0.5, 0.6) is 5.75 Å². The molecule has 8 heteroatoms. The molecule has 0 spiro atoms. The lowest BCUT2D eigenvalue weighted by molar-refractivity contribution is -0.385. The van der Waals surface area contributed by atoms with Crippen LogP contribution in [0.3, 0.4) is 0 Å². The predicted octanol–water partition coefficient (Wildman–Crippen LogP) is 4.53. The normalized spacial score (nSPS) is 10.3. The first-order chi connectivity index (χ1) is 9.47.